The highest BCUT2D eigenvalue weighted by molar-refractivity contribution is 9.10. The van der Waals surface area contributed by atoms with Gasteiger partial charge in [0, 0.05) is 16.2 Å². The summed E-state index contributed by atoms with van der Waals surface area (Å²) in [5, 5.41) is 3.22. The number of rotatable bonds is 2. The summed E-state index contributed by atoms with van der Waals surface area (Å²) in [6, 6.07) is 10.5. The molecule has 3 nitrogen and oxygen atoms in total. The van der Waals surface area contributed by atoms with E-state index in [0.29, 0.717) is 16.4 Å². The van der Waals surface area contributed by atoms with E-state index in [9.17, 15) is 4.79 Å². The highest BCUT2D eigenvalue weighted by atomic mass is 79.9. The van der Waals surface area contributed by atoms with Gasteiger partial charge in [-0.05, 0) is 30.3 Å². The van der Waals surface area contributed by atoms with Gasteiger partial charge in [0.1, 0.15) is 5.82 Å². The third kappa shape index (κ3) is 3.28. The molecule has 17 heavy (non-hydrogen) atoms. The number of halogens is 2. The Labute approximate surface area is 112 Å². The molecule has 0 bridgehead atoms. The minimum absolute atomic E-state index is 0.207. The number of aromatic nitrogens is 1. The van der Waals surface area contributed by atoms with Crippen LogP contribution in [0.5, 0.6) is 0 Å². The van der Waals surface area contributed by atoms with E-state index in [1.54, 1.807) is 30.3 Å². The SMILES string of the molecule is O=C(Nc1ccc(Cl)cn1)c1cccc(Br)c1. The van der Waals surface area contributed by atoms with Gasteiger partial charge in [-0.2, -0.15) is 0 Å². The average Bonchev–Trinajstić information content (AvgIpc) is 2.32. The van der Waals surface area contributed by atoms with Gasteiger partial charge in [-0.15, -0.1) is 0 Å². The van der Waals surface area contributed by atoms with Gasteiger partial charge in [-0.25, -0.2) is 4.98 Å². The average molecular weight is 312 g/mol. The first-order chi connectivity index (χ1) is 8.15. The third-order valence-corrected chi connectivity index (χ3v) is 2.77. The molecule has 0 spiro atoms. The van der Waals surface area contributed by atoms with E-state index in [-0.39, 0.29) is 5.91 Å². The van der Waals surface area contributed by atoms with Crippen LogP contribution in [0.3, 0.4) is 0 Å². The zero-order chi connectivity index (χ0) is 12.3. The molecule has 0 atom stereocenters. The van der Waals surface area contributed by atoms with Gasteiger partial charge in [-0.1, -0.05) is 33.6 Å². The number of carbonyl (C=O) groups is 1. The lowest BCUT2D eigenvalue weighted by Gasteiger charge is -2.04. The fourth-order valence-electron chi connectivity index (χ4n) is 1.27. The summed E-state index contributed by atoms with van der Waals surface area (Å²) in [4.78, 5) is 15.8. The normalized spacial score (nSPS) is 10.0. The van der Waals surface area contributed by atoms with Crippen LogP contribution >= 0.6 is 27.5 Å². The predicted octanol–water partition coefficient (Wildman–Crippen LogP) is 3.75. The molecule has 86 valence electrons. The van der Waals surface area contributed by atoms with Gasteiger partial charge >= 0.3 is 0 Å². The Balaban J connectivity index is 2.14. The number of nitrogens with one attached hydrogen (secondary N) is 1. The van der Waals surface area contributed by atoms with Crippen molar-refractivity contribution in [3.05, 3.63) is 57.7 Å². The molecule has 0 aliphatic rings. The first kappa shape index (κ1) is 12.1. The molecule has 0 saturated carbocycles. The lowest BCUT2D eigenvalue weighted by molar-refractivity contribution is 0.102. The number of carbonyl (C=O) groups excluding carboxylic acids is 1. The summed E-state index contributed by atoms with van der Waals surface area (Å²) in [6.07, 6.45) is 1.48. The highest BCUT2D eigenvalue weighted by Gasteiger charge is 2.06. The Morgan fingerprint density at radius 2 is 2.12 bits per heavy atom. The topological polar surface area (TPSA) is 42.0 Å². The summed E-state index contributed by atoms with van der Waals surface area (Å²) >= 11 is 9.02. The lowest BCUT2D eigenvalue weighted by atomic mass is 10.2. The molecule has 0 saturated heterocycles. The Bertz CT molecular complexity index is 542. The van der Waals surface area contributed by atoms with E-state index in [1.165, 1.54) is 6.20 Å². The molecular formula is C12H8BrClN2O. The maximum absolute atomic E-state index is 11.8. The summed E-state index contributed by atoms with van der Waals surface area (Å²) in [6.45, 7) is 0. The van der Waals surface area contributed by atoms with E-state index in [0.717, 1.165) is 4.47 Å². The highest BCUT2D eigenvalue weighted by Crippen LogP contribution is 2.14. The molecule has 2 rings (SSSR count). The van der Waals surface area contributed by atoms with Crippen LogP contribution in [0.15, 0.2) is 47.1 Å². The van der Waals surface area contributed by atoms with E-state index in [2.05, 4.69) is 26.2 Å². The standard InChI is InChI=1S/C12H8BrClN2O/c13-9-3-1-2-8(6-9)12(17)16-11-5-4-10(14)7-15-11/h1-7H,(H,15,16,17). The molecule has 1 N–H and O–H groups in total. The number of amides is 1. The summed E-state index contributed by atoms with van der Waals surface area (Å²) in [7, 11) is 0. The van der Waals surface area contributed by atoms with Gasteiger partial charge in [0.15, 0.2) is 0 Å². The number of benzene rings is 1. The van der Waals surface area contributed by atoms with Crippen molar-refractivity contribution in [2.45, 2.75) is 0 Å². The monoisotopic (exact) mass is 310 g/mol. The molecule has 0 aliphatic heterocycles. The first-order valence-electron chi connectivity index (χ1n) is 4.83. The molecule has 0 fully saturated rings. The molecular weight excluding hydrogens is 304 g/mol. The summed E-state index contributed by atoms with van der Waals surface area (Å²) in [5.41, 5.74) is 0.566. The summed E-state index contributed by atoms with van der Waals surface area (Å²) < 4.78 is 0.856. The van der Waals surface area contributed by atoms with E-state index >= 15 is 0 Å². The number of hydrogen-bond acceptors (Lipinski definition) is 2. The molecule has 0 aliphatic carbocycles. The predicted molar refractivity (Wildman–Crippen MR) is 71.3 cm³/mol. The molecule has 5 heteroatoms. The van der Waals surface area contributed by atoms with Crippen LogP contribution in [-0.2, 0) is 0 Å². The number of pyridine rings is 1. The van der Waals surface area contributed by atoms with E-state index < -0.39 is 0 Å². The second-order valence-corrected chi connectivity index (χ2v) is 4.68. The van der Waals surface area contributed by atoms with Crippen molar-refractivity contribution < 1.29 is 4.79 Å². The van der Waals surface area contributed by atoms with Gasteiger partial charge in [-0.3, -0.25) is 4.79 Å². The van der Waals surface area contributed by atoms with E-state index in [4.69, 9.17) is 11.6 Å². The Kier molecular flexibility index (Phi) is 3.76. The van der Waals surface area contributed by atoms with Crippen molar-refractivity contribution in [1.82, 2.24) is 4.98 Å². The molecule has 1 heterocycles. The lowest BCUT2D eigenvalue weighted by Crippen LogP contribution is -2.12. The first-order valence-corrected chi connectivity index (χ1v) is 6.01. The quantitative estimate of drug-likeness (QED) is 0.918. The van der Waals surface area contributed by atoms with Crippen molar-refractivity contribution in [1.29, 1.82) is 0 Å². The number of anilines is 1. The Hall–Kier alpha value is -1.39. The molecule has 2 aromatic rings. The van der Waals surface area contributed by atoms with Crippen molar-refractivity contribution >= 4 is 39.3 Å². The second kappa shape index (κ2) is 5.29. The molecule has 1 amide bonds. The zero-order valence-corrected chi connectivity index (χ0v) is 11.0. The van der Waals surface area contributed by atoms with Crippen molar-refractivity contribution in [2.24, 2.45) is 0 Å². The van der Waals surface area contributed by atoms with Crippen LogP contribution in [0.1, 0.15) is 10.4 Å². The summed E-state index contributed by atoms with van der Waals surface area (Å²) in [5.74, 6) is 0.264. The van der Waals surface area contributed by atoms with Crippen molar-refractivity contribution in [3.63, 3.8) is 0 Å². The Morgan fingerprint density at radius 1 is 1.29 bits per heavy atom. The van der Waals surface area contributed by atoms with Crippen LogP contribution < -0.4 is 5.32 Å². The van der Waals surface area contributed by atoms with Gasteiger partial charge in [0.25, 0.3) is 5.91 Å². The molecule has 1 aromatic heterocycles. The van der Waals surface area contributed by atoms with Gasteiger partial charge in [0.2, 0.25) is 0 Å². The maximum atomic E-state index is 11.8. The van der Waals surface area contributed by atoms with Crippen LogP contribution in [0.2, 0.25) is 5.02 Å². The minimum Gasteiger partial charge on any atom is -0.307 e. The van der Waals surface area contributed by atoms with Gasteiger partial charge < -0.3 is 5.32 Å². The van der Waals surface area contributed by atoms with Crippen LogP contribution in [-0.4, -0.2) is 10.9 Å². The fraction of sp³-hybridized carbons (Fsp3) is 0. The minimum atomic E-state index is -0.207. The molecule has 1 aromatic carbocycles. The molecule has 0 unspecified atom stereocenters. The Morgan fingerprint density at radius 3 is 2.76 bits per heavy atom. The largest absolute Gasteiger partial charge is 0.307 e. The van der Waals surface area contributed by atoms with E-state index in [1.807, 2.05) is 6.07 Å². The fourth-order valence-corrected chi connectivity index (χ4v) is 1.78. The smallest absolute Gasteiger partial charge is 0.256 e. The van der Waals surface area contributed by atoms with Crippen LogP contribution in [0.25, 0.3) is 0 Å². The third-order valence-electron chi connectivity index (χ3n) is 2.06. The van der Waals surface area contributed by atoms with Crippen molar-refractivity contribution in [2.75, 3.05) is 5.32 Å². The molecule has 0 radical (unpaired) electrons. The maximum Gasteiger partial charge on any atom is 0.256 e. The zero-order valence-electron chi connectivity index (χ0n) is 8.65. The van der Waals surface area contributed by atoms with Crippen LogP contribution in [0, 0.1) is 0 Å². The van der Waals surface area contributed by atoms with Crippen LogP contribution in [0.4, 0.5) is 5.82 Å². The second-order valence-electron chi connectivity index (χ2n) is 3.33. The van der Waals surface area contributed by atoms with Gasteiger partial charge in [0.05, 0.1) is 5.02 Å². The number of nitrogens with zero attached hydrogens (tertiary/aromatic N) is 1. The van der Waals surface area contributed by atoms with Crippen molar-refractivity contribution in [3.8, 4) is 0 Å². The number of hydrogen-bond donors (Lipinski definition) is 1.